The summed E-state index contributed by atoms with van der Waals surface area (Å²) in [7, 11) is -3.88. The van der Waals surface area contributed by atoms with Crippen molar-refractivity contribution in [3.63, 3.8) is 0 Å². The lowest BCUT2D eigenvalue weighted by molar-refractivity contribution is -0.155. The number of aromatic nitrogens is 2. The molecule has 0 unspecified atom stereocenters. The molecule has 162 valence electrons. The van der Waals surface area contributed by atoms with Gasteiger partial charge in [0.15, 0.2) is 0 Å². The van der Waals surface area contributed by atoms with Gasteiger partial charge in [-0.05, 0) is 42.3 Å². The van der Waals surface area contributed by atoms with Gasteiger partial charge in [-0.1, -0.05) is 5.16 Å². The number of benzene rings is 1. The molecule has 6 nitrogen and oxygen atoms in total. The van der Waals surface area contributed by atoms with Crippen LogP contribution in [0.5, 0.6) is 0 Å². The molecule has 1 aromatic carbocycles. The van der Waals surface area contributed by atoms with Gasteiger partial charge in [-0.15, -0.1) is 11.3 Å². The zero-order valence-corrected chi connectivity index (χ0v) is 17.2. The Labute approximate surface area is 177 Å². The second-order valence-electron chi connectivity index (χ2n) is 7.05. The first-order valence-electron chi connectivity index (χ1n) is 9.06. The van der Waals surface area contributed by atoms with Crippen molar-refractivity contribution in [2.45, 2.75) is 23.4 Å². The van der Waals surface area contributed by atoms with Gasteiger partial charge in [0.25, 0.3) is 10.0 Å². The topological polar surface area (TPSA) is 79.2 Å². The van der Waals surface area contributed by atoms with Gasteiger partial charge >= 0.3 is 6.18 Å². The van der Waals surface area contributed by atoms with E-state index >= 15 is 0 Å². The molecule has 0 aliphatic carbocycles. The van der Waals surface area contributed by atoms with E-state index in [0.29, 0.717) is 12.1 Å². The highest BCUT2D eigenvalue weighted by Crippen LogP contribution is 2.37. The van der Waals surface area contributed by atoms with Gasteiger partial charge in [0.2, 0.25) is 5.76 Å². The lowest BCUT2D eigenvalue weighted by Gasteiger charge is -2.25. The van der Waals surface area contributed by atoms with Crippen LogP contribution in [-0.4, -0.2) is 29.4 Å². The Hall–Kier alpha value is -2.70. The van der Waals surface area contributed by atoms with E-state index in [1.165, 1.54) is 28.6 Å². The van der Waals surface area contributed by atoms with Crippen molar-refractivity contribution < 1.29 is 30.5 Å². The van der Waals surface area contributed by atoms with Crippen LogP contribution >= 0.6 is 11.3 Å². The number of hydrogen-bond donors (Lipinski definition) is 1. The number of H-pyrrole nitrogens is 1. The van der Waals surface area contributed by atoms with Gasteiger partial charge in [-0.2, -0.15) is 17.5 Å². The highest BCUT2D eigenvalue weighted by atomic mass is 32.2. The van der Waals surface area contributed by atoms with Crippen LogP contribution in [0.15, 0.2) is 45.1 Å². The van der Waals surface area contributed by atoms with Crippen LogP contribution in [0.3, 0.4) is 0 Å². The summed E-state index contributed by atoms with van der Waals surface area (Å²) in [5.74, 6) is -1.61. The second-order valence-corrected chi connectivity index (χ2v) is 10.3. The fraction of sp³-hybridized carbons (Fsp3) is 0.211. The molecule has 4 aromatic rings. The molecule has 0 fully saturated rings. The van der Waals surface area contributed by atoms with E-state index in [9.17, 15) is 26.0 Å². The van der Waals surface area contributed by atoms with E-state index in [4.69, 9.17) is 0 Å². The number of aromatic amines is 1. The fourth-order valence-electron chi connectivity index (χ4n) is 3.64. The van der Waals surface area contributed by atoms with Crippen LogP contribution in [0.4, 0.5) is 17.6 Å². The number of sulfonamides is 1. The first kappa shape index (κ1) is 20.2. The van der Waals surface area contributed by atoms with E-state index in [1.807, 2.05) is 0 Å². The van der Waals surface area contributed by atoms with Crippen molar-refractivity contribution in [2.24, 2.45) is 0 Å². The molecule has 0 saturated carbocycles. The maximum absolute atomic E-state index is 13.6. The molecule has 0 amide bonds. The van der Waals surface area contributed by atoms with Crippen LogP contribution in [0.2, 0.25) is 0 Å². The van der Waals surface area contributed by atoms with Gasteiger partial charge in [0.1, 0.15) is 15.7 Å². The van der Waals surface area contributed by atoms with Gasteiger partial charge in [0.05, 0.1) is 11.4 Å². The smallest absolute Gasteiger partial charge is 0.357 e. The number of hydrogen-bond acceptors (Lipinski definition) is 5. The van der Waals surface area contributed by atoms with Crippen molar-refractivity contribution in [3.8, 4) is 10.6 Å². The van der Waals surface area contributed by atoms with Crippen LogP contribution < -0.4 is 0 Å². The summed E-state index contributed by atoms with van der Waals surface area (Å²) in [6, 6.07) is 7.84. The summed E-state index contributed by atoms with van der Waals surface area (Å²) < 4.78 is 83.6. The van der Waals surface area contributed by atoms with E-state index < -0.39 is 22.0 Å². The van der Waals surface area contributed by atoms with Crippen molar-refractivity contribution in [3.05, 3.63) is 59.2 Å². The van der Waals surface area contributed by atoms with Crippen molar-refractivity contribution in [1.29, 1.82) is 0 Å². The highest BCUT2D eigenvalue weighted by molar-refractivity contribution is 7.91. The van der Waals surface area contributed by atoms with Crippen molar-refractivity contribution in [2.75, 3.05) is 6.54 Å². The predicted molar refractivity (Wildman–Crippen MR) is 104 cm³/mol. The van der Waals surface area contributed by atoms with Crippen LogP contribution in [-0.2, 0) is 29.2 Å². The standard InChI is InChI=1S/C19H13F4N3O3S2/c20-10-1-2-13-12(7-10)11-5-6-26(9-15(11)24-13)31(27,28)18-4-3-16(30-18)14-8-17(29-25-14)19(21,22)23/h1-4,7-8,24H,5-6,9H2. The summed E-state index contributed by atoms with van der Waals surface area (Å²) in [6.07, 6.45) is -4.26. The summed E-state index contributed by atoms with van der Waals surface area (Å²) in [4.78, 5) is 3.39. The Balaban J connectivity index is 1.43. The van der Waals surface area contributed by atoms with E-state index in [0.717, 1.165) is 33.9 Å². The molecule has 3 aromatic heterocycles. The molecular weight excluding hydrogens is 458 g/mol. The number of fused-ring (bicyclic) bond motifs is 3. The number of nitrogens with zero attached hydrogens (tertiary/aromatic N) is 2. The number of nitrogens with one attached hydrogen (secondary N) is 1. The molecule has 0 spiro atoms. The molecule has 1 aliphatic rings. The molecule has 0 atom stereocenters. The molecule has 5 rings (SSSR count). The van der Waals surface area contributed by atoms with E-state index in [2.05, 4.69) is 14.7 Å². The Kier molecular flexibility index (Phi) is 4.50. The molecule has 12 heteroatoms. The molecule has 0 saturated heterocycles. The zero-order valence-electron chi connectivity index (χ0n) is 15.5. The third kappa shape index (κ3) is 3.44. The molecule has 4 heterocycles. The Bertz CT molecular complexity index is 1400. The largest absolute Gasteiger partial charge is 0.452 e. The van der Waals surface area contributed by atoms with Crippen molar-refractivity contribution >= 4 is 32.3 Å². The quantitative estimate of drug-likeness (QED) is 0.436. The predicted octanol–water partition coefficient (Wildman–Crippen LogP) is 4.79. The first-order valence-corrected chi connectivity index (χ1v) is 11.3. The minimum Gasteiger partial charge on any atom is -0.357 e. The third-order valence-corrected chi connectivity index (χ3v) is 8.54. The Morgan fingerprint density at radius 1 is 1.16 bits per heavy atom. The summed E-state index contributed by atoms with van der Waals surface area (Å²) in [6.45, 7) is 0.289. The lowest BCUT2D eigenvalue weighted by Crippen LogP contribution is -2.35. The SMILES string of the molecule is O=S(=O)(c1ccc(-c2cc(C(F)(F)F)on2)s1)N1CCc2c([nH]c3ccc(F)cc23)C1. The average molecular weight is 471 g/mol. The van der Waals surface area contributed by atoms with E-state index in [1.54, 1.807) is 6.07 Å². The molecule has 1 N–H and O–H groups in total. The molecular formula is C19H13F4N3O3S2. The van der Waals surface area contributed by atoms with Gasteiger partial charge in [-0.25, -0.2) is 12.8 Å². The highest BCUT2D eigenvalue weighted by Gasteiger charge is 2.37. The maximum atomic E-state index is 13.6. The van der Waals surface area contributed by atoms with Gasteiger partial charge in [-0.3, -0.25) is 0 Å². The zero-order chi connectivity index (χ0) is 22.0. The number of rotatable bonds is 3. The summed E-state index contributed by atoms with van der Waals surface area (Å²) in [5.41, 5.74) is 2.22. The second kappa shape index (κ2) is 6.90. The van der Waals surface area contributed by atoms with Crippen molar-refractivity contribution in [1.82, 2.24) is 14.4 Å². The average Bonchev–Trinajstić information content (AvgIpc) is 3.44. The Morgan fingerprint density at radius 2 is 1.97 bits per heavy atom. The Morgan fingerprint density at radius 3 is 2.71 bits per heavy atom. The third-order valence-electron chi connectivity index (χ3n) is 5.12. The normalized spacial score (nSPS) is 15.5. The van der Waals surface area contributed by atoms with E-state index in [-0.39, 0.29) is 33.7 Å². The summed E-state index contributed by atoms with van der Waals surface area (Å²) >= 11 is 0.820. The number of halogens is 4. The monoisotopic (exact) mass is 471 g/mol. The van der Waals surface area contributed by atoms with Gasteiger partial charge < -0.3 is 9.51 Å². The summed E-state index contributed by atoms with van der Waals surface area (Å²) in [5, 5.41) is 4.13. The molecule has 0 bridgehead atoms. The minimum atomic E-state index is -4.68. The maximum Gasteiger partial charge on any atom is 0.452 e. The number of alkyl halides is 3. The van der Waals surface area contributed by atoms with Crippen LogP contribution in [0.25, 0.3) is 21.5 Å². The number of thiophene rings is 1. The first-order chi connectivity index (χ1) is 14.6. The van der Waals surface area contributed by atoms with Gasteiger partial charge in [0, 0.05) is 29.2 Å². The van der Waals surface area contributed by atoms with Crippen LogP contribution in [0.1, 0.15) is 17.0 Å². The van der Waals surface area contributed by atoms with Crippen LogP contribution in [0, 0.1) is 5.82 Å². The molecule has 0 radical (unpaired) electrons. The molecule has 31 heavy (non-hydrogen) atoms. The molecule has 1 aliphatic heterocycles. The minimum absolute atomic E-state index is 0.00957. The lowest BCUT2D eigenvalue weighted by atomic mass is 10.0. The fourth-order valence-corrected chi connectivity index (χ4v) is 6.46.